The summed E-state index contributed by atoms with van der Waals surface area (Å²) in [6.45, 7) is 3.48. The lowest BCUT2D eigenvalue weighted by atomic mass is 10.1. The molecule has 2 aromatic carbocycles. The van der Waals surface area contributed by atoms with E-state index in [0.29, 0.717) is 57.7 Å². The number of halogens is 3. The number of aliphatic carboxylic acids is 1. The van der Waals surface area contributed by atoms with Gasteiger partial charge in [-0.25, -0.2) is 9.59 Å². The van der Waals surface area contributed by atoms with Crippen LogP contribution in [0.1, 0.15) is 50.2 Å². The van der Waals surface area contributed by atoms with Crippen molar-refractivity contribution in [3.63, 3.8) is 0 Å². The number of carboxylic acid groups (broad SMARTS) is 1. The van der Waals surface area contributed by atoms with Gasteiger partial charge in [0.25, 0.3) is 0 Å². The maximum Gasteiger partial charge on any atom is 0.389 e. The highest BCUT2D eigenvalue weighted by Gasteiger charge is 2.25. The van der Waals surface area contributed by atoms with E-state index in [2.05, 4.69) is 5.32 Å². The monoisotopic (exact) mass is 552 g/mol. The molecule has 0 aliphatic heterocycles. The van der Waals surface area contributed by atoms with E-state index in [1.54, 1.807) is 36.1 Å². The van der Waals surface area contributed by atoms with Gasteiger partial charge in [-0.2, -0.15) is 13.2 Å². The van der Waals surface area contributed by atoms with Crippen molar-refractivity contribution in [3.8, 4) is 5.75 Å². The lowest BCUT2D eigenvalue weighted by Crippen LogP contribution is -2.43. The largest absolute Gasteiger partial charge is 0.492 e. The van der Waals surface area contributed by atoms with Crippen LogP contribution in [0, 0.1) is 0 Å². The van der Waals surface area contributed by atoms with Gasteiger partial charge in [-0.3, -0.25) is 0 Å². The number of urea groups is 1. The lowest BCUT2D eigenvalue weighted by Gasteiger charge is -2.23. The zero-order valence-corrected chi connectivity index (χ0v) is 22.4. The van der Waals surface area contributed by atoms with E-state index in [-0.39, 0.29) is 25.5 Å². The maximum absolute atomic E-state index is 12.8. The van der Waals surface area contributed by atoms with Crippen LogP contribution in [0.2, 0.25) is 0 Å². The molecular weight excluding hydrogens is 513 g/mol. The number of nitrogens with zero attached hydrogens (tertiary/aromatic N) is 1. The summed E-state index contributed by atoms with van der Waals surface area (Å²) in [7, 11) is 0. The van der Waals surface area contributed by atoms with Crippen LogP contribution in [0.4, 0.5) is 18.0 Å². The first kappa shape index (κ1) is 31.9. The van der Waals surface area contributed by atoms with E-state index in [0.717, 1.165) is 11.1 Å². The normalized spacial score (nSPS) is 12.1. The number of alkyl halides is 3. The first-order valence-electron chi connectivity index (χ1n) is 13.4. The Bertz CT molecular complexity index is 971. The zero-order valence-electron chi connectivity index (χ0n) is 22.4. The third-order valence-corrected chi connectivity index (χ3v) is 6.08. The summed E-state index contributed by atoms with van der Waals surface area (Å²) in [6, 6.07) is 16.6. The van der Waals surface area contributed by atoms with Gasteiger partial charge < -0.3 is 24.8 Å². The van der Waals surface area contributed by atoms with E-state index in [4.69, 9.17) is 9.47 Å². The molecule has 0 radical (unpaired) electrons. The summed E-state index contributed by atoms with van der Waals surface area (Å²) in [5.41, 5.74) is 1.91. The van der Waals surface area contributed by atoms with E-state index >= 15 is 0 Å². The van der Waals surface area contributed by atoms with E-state index in [1.165, 1.54) is 0 Å². The van der Waals surface area contributed by atoms with Crippen LogP contribution >= 0.6 is 0 Å². The Labute approximate surface area is 228 Å². The van der Waals surface area contributed by atoms with Gasteiger partial charge in [0, 0.05) is 32.5 Å². The molecule has 0 fully saturated rings. The van der Waals surface area contributed by atoms with Gasteiger partial charge in [0.2, 0.25) is 0 Å². The molecular formula is C29H39F3N2O5. The number of hydrogen-bond donors (Lipinski definition) is 2. The summed E-state index contributed by atoms with van der Waals surface area (Å²) in [5, 5.41) is 12.2. The zero-order chi connectivity index (χ0) is 28.5. The molecule has 0 saturated heterocycles. The molecule has 2 N–H and O–H groups in total. The number of carbonyl (C=O) groups excluding carboxylic acids is 1. The quantitative estimate of drug-likeness (QED) is 0.226. The minimum absolute atomic E-state index is 0.0870. The Morgan fingerprint density at radius 2 is 1.64 bits per heavy atom. The summed E-state index contributed by atoms with van der Waals surface area (Å²) >= 11 is 0. The Kier molecular flexibility index (Phi) is 14.2. The summed E-state index contributed by atoms with van der Waals surface area (Å²) < 4.78 is 48.1. The van der Waals surface area contributed by atoms with Crippen LogP contribution in [-0.2, 0) is 22.4 Å². The predicted octanol–water partition coefficient (Wildman–Crippen LogP) is 5.86. The van der Waals surface area contributed by atoms with Crippen LogP contribution < -0.4 is 10.1 Å². The fourth-order valence-electron chi connectivity index (χ4n) is 4.00. The van der Waals surface area contributed by atoms with E-state index < -0.39 is 24.7 Å². The number of amides is 2. The molecule has 7 nitrogen and oxygen atoms in total. The summed E-state index contributed by atoms with van der Waals surface area (Å²) in [4.78, 5) is 25.8. The van der Waals surface area contributed by atoms with Crippen molar-refractivity contribution in [2.45, 2.75) is 64.1 Å². The van der Waals surface area contributed by atoms with Gasteiger partial charge in [-0.05, 0) is 49.4 Å². The average Bonchev–Trinajstić information content (AvgIpc) is 2.90. The minimum atomic E-state index is -4.14. The summed E-state index contributed by atoms with van der Waals surface area (Å²) in [6.07, 6.45) is -3.16. The second-order valence-electron chi connectivity index (χ2n) is 9.21. The molecule has 0 aromatic heterocycles. The molecule has 0 bridgehead atoms. The third kappa shape index (κ3) is 13.9. The average molecular weight is 553 g/mol. The Hall–Kier alpha value is -3.27. The molecule has 0 saturated carbocycles. The number of nitrogens with one attached hydrogen (secondary N) is 1. The number of hydrogen-bond acceptors (Lipinski definition) is 4. The van der Waals surface area contributed by atoms with Crippen LogP contribution in [0.5, 0.6) is 5.75 Å². The van der Waals surface area contributed by atoms with Crippen molar-refractivity contribution in [1.82, 2.24) is 10.2 Å². The van der Waals surface area contributed by atoms with Gasteiger partial charge in [-0.15, -0.1) is 0 Å². The Balaban J connectivity index is 1.84. The molecule has 1 unspecified atom stereocenters. The highest BCUT2D eigenvalue weighted by molar-refractivity contribution is 5.74. The van der Waals surface area contributed by atoms with Crippen LogP contribution in [0.3, 0.4) is 0 Å². The number of ether oxygens (including phenoxy) is 2. The first-order chi connectivity index (χ1) is 18.7. The number of unbranched alkanes of at least 4 members (excludes halogenated alkanes) is 3. The van der Waals surface area contributed by atoms with Crippen molar-refractivity contribution in [3.05, 3.63) is 65.7 Å². The second-order valence-corrected chi connectivity index (χ2v) is 9.21. The smallest absolute Gasteiger partial charge is 0.389 e. The molecule has 0 aliphatic rings. The van der Waals surface area contributed by atoms with Crippen LogP contribution in [-0.4, -0.2) is 67.1 Å². The number of benzene rings is 2. The van der Waals surface area contributed by atoms with Gasteiger partial charge in [0.1, 0.15) is 12.4 Å². The molecule has 216 valence electrons. The Morgan fingerprint density at radius 3 is 2.28 bits per heavy atom. The number of carboxylic acids is 1. The molecule has 1 atom stereocenters. The van der Waals surface area contributed by atoms with Crippen LogP contribution in [0.25, 0.3) is 0 Å². The first-order valence-corrected chi connectivity index (χ1v) is 13.4. The third-order valence-electron chi connectivity index (χ3n) is 6.08. The molecule has 2 aromatic rings. The second kappa shape index (κ2) is 17.3. The van der Waals surface area contributed by atoms with Gasteiger partial charge in [0.15, 0.2) is 6.10 Å². The fraction of sp³-hybridized carbons (Fsp3) is 0.517. The van der Waals surface area contributed by atoms with Crippen molar-refractivity contribution in [2.75, 3.05) is 32.8 Å². The van der Waals surface area contributed by atoms with Gasteiger partial charge >= 0.3 is 18.2 Å². The van der Waals surface area contributed by atoms with E-state index in [9.17, 15) is 27.9 Å². The topological polar surface area (TPSA) is 88.1 Å². The van der Waals surface area contributed by atoms with Gasteiger partial charge in [0.05, 0.1) is 6.54 Å². The molecule has 0 aliphatic carbocycles. The maximum atomic E-state index is 12.8. The standard InChI is InChI=1S/C29H39F3N2O5/c1-2-38-26(27(35)36)22-24-12-14-25(15-13-24)39-21-20-34(19-9-4-3-8-17-29(30,31)32)28(37)33-18-16-23-10-6-5-7-11-23/h5-7,10-15,26H,2-4,8-9,16-22H2,1H3,(H,33,37)(H,35,36). The SMILES string of the molecule is CCOC(Cc1ccc(OCCN(CCCCCCC(F)(F)F)C(=O)NCCc2ccccc2)cc1)C(=O)O. The van der Waals surface area contributed by atoms with Crippen molar-refractivity contribution < 1.29 is 37.3 Å². The summed E-state index contributed by atoms with van der Waals surface area (Å²) in [5.74, 6) is -0.432. The highest BCUT2D eigenvalue weighted by Crippen LogP contribution is 2.23. The van der Waals surface area contributed by atoms with Gasteiger partial charge in [-0.1, -0.05) is 55.3 Å². The van der Waals surface area contributed by atoms with Crippen molar-refractivity contribution >= 4 is 12.0 Å². The predicted molar refractivity (Wildman–Crippen MR) is 143 cm³/mol. The number of carbonyl (C=O) groups is 2. The molecule has 0 heterocycles. The molecule has 10 heteroatoms. The van der Waals surface area contributed by atoms with E-state index in [1.807, 2.05) is 30.3 Å². The molecule has 0 spiro atoms. The molecule has 2 amide bonds. The Morgan fingerprint density at radius 1 is 0.949 bits per heavy atom. The van der Waals surface area contributed by atoms with Crippen molar-refractivity contribution in [2.24, 2.45) is 0 Å². The molecule has 39 heavy (non-hydrogen) atoms. The minimum Gasteiger partial charge on any atom is -0.492 e. The van der Waals surface area contributed by atoms with Crippen molar-refractivity contribution in [1.29, 1.82) is 0 Å². The van der Waals surface area contributed by atoms with Crippen LogP contribution in [0.15, 0.2) is 54.6 Å². The highest BCUT2D eigenvalue weighted by atomic mass is 19.4. The lowest BCUT2D eigenvalue weighted by molar-refractivity contribution is -0.150. The molecule has 2 rings (SSSR count). The number of rotatable bonds is 18. The fourth-order valence-corrected chi connectivity index (χ4v) is 4.00.